The van der Waals surface area contributed by atoms with Crippen LogP contribution in [-0.2, 0) is 25.7 Å². The number of alkyl halides is 1. The van der Waals surface area contributed by atoms with Crippen LogP contribution in [0.15, 0.2) is 120 Å². The summed E-state index contributed by atoms with van der Waals surface area (Å²) in [5.41, 5.74) is 3.44. The van der Waals surface area contributed by atoms with Gasteiger partial charge in [0, 0.05) is 37.7 Å². The summed E-state index contributed by atoms with van der Waals surface area (Å²) in [6.45, 7) is 4.58. The molecule has 4 aromatic rings. The first-order valence-electron chi connectivity index (χ1n) is 22.5. The van der Waals surface area contributed by atoms with Gasteiger partial charge in [0.05, 0.1) is 43.9 Å². The van der Waals surface area contributed by atoms with Crippen molar-refractivity contribution in [2.24, 2.45) is 22.9 Å². The Morgan fingerprint density at radius 1 is 0.875 bits per heavy atom. The molecule has 0 aromatic heterocycles. The lowest BCUT2D eigenvalue weighted by molar-refractivity contribution is -0.256. The average Bonchev–Trinajstić information content (AvgIpc) is 3.32. The van der Waals surface area contributed by atoms with Gasteiger partial charge in [0.2, 0.25) is 5.79 Å². The number of benzene rings is 4. The van der Waals surface area contributed by atoms with Gasteiger partial charge in [0.15, 0.2) is 0 Å². The third kappa shape index (κ3) is 10.9. The molecule has 3 N–H and O–H groups in total. The van der Waals surface area contributed by atoms with Crippen molar-refractivity contribution in [3.05, 3.63) is 126 Å². The van der Waals surface area contributed by atoms with Gasteiger partial charge in [0.1, 0.15) is 36.5 Å². The fourth-order valence-electron chi connectivity index (χ4n) is 9.75. The van der Waals surface area contributed by atoms with Gasteiger partial charge in [-0.1, -0.05) is 90.8 Å². The summed E-state index contributed by atoms with van der Waals surface area (Å²) < 4.78 is 32.5. The van der Waals surface area contributed by atoms with Crippen LogP contribution in [0.5, 0.6) is 17.2 Å². The first kappa shape index (κ1) is 47.0. The molecule has 1 amide bonds. The Morgan fingerprint density at radius 3 is 2.39 bits per heavy atom. The summed E-state index contributed by atoms with van der Waals surface area (Å²) in [7, 11) is 0. The van der Waals surface area contributed by atoms with Gasteiger partial charge in [-0.2, -0.15) is 0 Å². The zero-order valence-electron chi connectivity index (χ0n) is 36.4. The number of hydrogen-bond acceptors (Lipinski definition) is 11. The summed E-state index contributed by atoms with van der Waals surface area (Å²) in [4.78, 5) is 22.1. The number of ether oxygens (including phenoxy) is 5. The van der Waals surface area contributed by atoms with E-state index in [1.807, 2.05) is 72.8 Å². The smallest absolute Gasteiger partial charge is 0.410 e. The molecule has 12 nitrogen and oxygen atoms in total. The second-order valence-electron chi connectivity index (χ2n) is 16.5. The third-order valence-corrected chi connectivity index (χ3v) is 12.6. The number of hydrogen-bond donors (Lipinski definition) is 3. The number of carbonyl (C=O) groups is 1. The topological polar surface area (TPSA) is 149 Å². The van der Waals surface area contributed by atoms with E-state index in [1.54, 1.807) is 11.0 Å². The Labute approximate surface area is 381 Å². The van der Waals surface area contributed by atoms with Crippen molar-refractivity contribution in [3.8, 4) is 17.2 Å². The number of rotatable bonds is 24. The molecule has 3 aliphatic rings. The van der Waals surface area contributed by atoms with Gasteiger partial charge in [-0.05, 0) is 89.8 Å². The number of unbranched alkanes of at least 4 members (excludes halogenated alkanes) is 2. The molecule has 0 spiro atoms. The normalized spacial score (nSPS) is 22.8. The molecule has 6 unspecified atom stereocenters. The van der Waals surface area contributed by atoms with E-state index in [4.69, 9.17) is 45.3 Å². The van der Waals surface area contributed by atoms with Gasteiger partial charge in [-0.25, -0.2) is 4.79 Å². The molecule has 0 bridgehead atoms. The van der Waals surface area contributed by atoms with E-state index in [2.05, 4.69) is 30.9 Å². The number of allylic oxidation sites excluding steroid dienone is 1. The van der Waals surface area contributed by atoms with Gasteiger partial charge in [-0.3, -0.25) is 4.90 Å². The number of fused-ring (bicyclic) bond motifs is 3. The highest BCUT2D eigenvalue weighted by Crippen LogP contribution is 2.62. The zero-order valence-corrected chi connectivity index (χ0v) is 37.2. The molecule has 0 radical (unpaired) electrons. The van der Waals surface area contributed by atoms with Crippen LogP contribution in [0.2, 0.25) is 0 Å². The predicted octanol–water partition coefficient (Wildman–Crippen LogP) is 9.15. The molecule has 342 valence electrons. The number of carbonyl (C=O) groups excluding carboxylic acids is 1. The van der Waals surface area contributed by atoms with Crippen LogP contribution in [0.3, 0.4) is 0 Å². The molecular formula is C51H61ClN2O10. The van der Waals surface area contributed by atoms with Crippen LogP contribution < -0.4 is 9.47 Å². The van der Waals surface area contributed by atoms with Crippen molar-refractivity contribution in [2.75, 3.05) is 58.7 Å². The maximum absolute atomic E-state index is 14.4. The van der Waals surface area contributed by atoms with E-state index in [0.717, 1.165) is 53.2 Å². The van der Waals surface area contributed by atoms with Crippen molar-refractivity contribution in [1.82, 2.24) is 4.90 Å². The standard InChI is InChI=1S/C51H61ClN2O10/c1-2-27-61-51-47(54(23-29-59-30-26-57)50(58)60-28-22-52)34-45(53-62-35-36-12-4-3-5-13-36)43-32-39(16-8-10-24-55)42(17-9-11-25-56)48(49(43)51)44-33-41(20-21-46(44)64-51)63-40-19-18-37-14-6-7-15-38(37)31-40/h2-7,12-15,18-21,31-33,39,42,47-49,55-57H,1,8-11,16-17,22-30,34-35H2. The van der Waals surface area contributed by atoms with Gasteiger partial charge in [-0.15, -0.1) is 18.2 Å². The monoisotopic (exact) mass is 896 g/mol. The van der Waals surface area contributed by atoms with E-state index >= 15 is 0 Å². The summed E-state index contributed by atoms with van der Waals surface area (Å²) in [6, 6.07) is 29.1. The van der Waals surface area contributed by atoms with Crippen molar-refractivity contribution in [2.45, 2.75) is 69.3 Å². The second-order valence-corrected chi connectivity index (χ2v) is 16.9. The molecule has 0 saturated heterocycles. The van der Waals surface area contributed by atoms with Crippen LogP contribution in [-0.4, -0.2) is 103 Å². The van der Waals surface area contributed by atoms with Gasteiger partial charge >= 0.3 is 6.09 Å². The second kappa shape index (κ2) is 23.3. The molecule has 1 heterocycles. The Hall–Kier alpha value is -4.95. The molecule has 1 aliphatic heterocycles. The fourth-order valence-corrected chi connectivity index (χ4v) is 9.83. The number of nitrogens with zero attached hydrogens (tertiary/aromatic N) is 2. The number of aliphatic hydroxyl groups is 3. The summed E-state index contributed by atoms with van der Waals surface area (Å²) in [5.74, 6) is -0.221. The SMILES string of the molecule is C=CCOC12Oc3ccc(Oc4ccc5ccccc5c4)cc3C3C(CCCCO)C(CCCCO)C=C(C(=NOCc4ccccc4)CC1N(CCOCCO)C(=O)OCCCl)C32. The van der Waals surface area contributed by atoms with Crippen LogP contribution >= 0.6 is 11.6 Å². The van der Waals surface area contributed by atoms with Crippen LogP contribution in [0.1, 0.15) is 62.0 Å². The fraction of sp³-hybridized carbons (Fsp3) is 0.451. The molecule has 64 heavy (non-hydrogen) atoms. The van der Waals surface area contributed by atoms with Crippen LogP contribution in [0.25, 0.3) is 10.8 Å². The lowest BCUT2D eigenvalue weighted by Gasteiger charge is -2.59. The highest BCUT2D eigenvalue weighted by atomic mass is 35.5. The number of oxime groups is 1. The Bertz CT molecular complexity index is 2200. The summed E-state index contributed by atoms with van der Waals surface area (Å²) >= 11 is 6.07. The summed E-state index contributed by atoms with van der Waals surface area (Å²) in [6.07, 6.45) is 7.99. The molecule has 6 atom stereocenters. The third-order valence-electron chi connectivity index (χ3n) is 12.5. The minimum atomic E-state index is -1.50. The van der Waals surface area contributed by atoms with Gasteiger partial charge in [0.25, 0.3) is 0 Å². The van der Waals surface area contributed by atoms with Crippen molar-refractivity contribution >= 4 is 34.2 Å². The molecule has 2 aliphatic carbocycles. The maximum Gasteiger partial charge on any atom is 0.410 e. The summed E-state index contributed by atoms with van der Waals surface area (Å²) in [5, 5.41) is 36.6. The number of amides is 1. The highest BCUT2D eigenvalue weighted by molar-refractivity contribution is 6.18. The van der Waals surface area contributed by atoms with Crippen molar-refractivity contribution in [1.29, 1.82) is 0 Å². The molecule has 1 saturated carbocycles. The Morgan fingerprint density at radius 2 is 1.62 bits per heavy atom. The number of halogens is 1. The molecular weight excluding hydrogens is 836 g/mol. The molecule has 1 fully saturated rings. The highest BCUT2D eigenvalue weighted by Gasteiger charge is 2.65. The van der Waals surface area contributed by atoms with E-state index in [-0.39, 0.29) is 89.5 Å². The quantitative estimate of drug-likeness (QED) is 0.0269. The molecule has 13 heteroatoms. The first-order chi connectivity index (χ1) is 31.4. The maximum atomic E-state index is 14.4. The van der Waals surface area contributed by atoms with Crippen LogP contribution in [0.4, 0.5) is 4.79 Å². The lowest BCUT2D eigenvalue weighted by Crippen LogP contribution is -2.70. The number of aliphatic hydroxyl groups excluding tert-OH is 3. The molecule has 4 aromatic carbocycles. The van der Waals surface area contributed by atoms with E-state index in [1.165, 1.54) is 0 Å². The predicted molar refractivity (Wildman–Crippen MR) is 247 cm³/mol. The minimum Gasteiger partial charge on any atom is -0.459 e. The Kier molecular flexibility index (Phi) is 17.1. The lowest BCUT2D eigenvalue weighted by atomic mass is 9.55. The largest absolute Gasteiger partial charge is 0.459 e. The van der Waals surface area contributed by atoms with E-state index in [9.17, 15) is 20.1 Å². The first-order valence-corrected chi connectivity index (χ1v) is 23.1. The van der Waals surface area contributed by atoms with E-state index in [0.29, 0.717) is 35.8 Å². The van der Waals surface area contributed by atoms with Crippen molar-refractivity contribution < 1.29 is 48.6 Å². The average molecular weight is 898 g/mol. The van der Waals surface area contributed by atoms with E-state index < -0.39 is 23.8 Å². The van der Waals surface area contributed by atoms with Crippen LogP contribution in [0, 0.1) is 17.8 Å². The van der Waals surface area contributed by atoms with Gasteiger partial charge < -0.3 is 43.8 Å². The Balaban J connectivity index is 1.42. The minimum absolute atomic E-state index is 0.0130. The molecule has 7 rings (SSSR count). The van der Waals surface area contributed by atoms with Crippen molar-refractivity contribution in [3.63, 3.8) is 0 Å². The zero-order chi connectivity index (χ0) is 44.7.